The Hall–Kier alpha value is -2.60. The monoisotopic (exact) mass is 440 g/mol. The standard InChI is InChI=1S/C20H17BrN4O3/c1-26-14-6-5-12(8-13(14)21)16-18(9-22,10-23)19(11-24)15-4-2-3-7-20(15,27-16)28-17(19)25/h5-6,8,15-16,25H,2-4,7H2,1H3. The smallest absolute Gasteiger partial charge is 0.217 e. The van der Waals surface area contributed by atoms with Gasteiger partial charge < -0.3 is 14.2 Å². The molecule has 2 aliphatic heterocycles. The molecule has 3 aliphatic rings. The van der Waals surface area contributed by atoms with E-state index in [1.54, 1.807) is 18.2 Å². The molecule has 0 amide bonds. The second kappa shape index (κ2) is 6.21. The molecule has 2 heterocycles. The molecule has 2 bridgehead atoms. The van der Waals surface area contributed by atoms with Crippen molar-refractivity contribution in [2.75, 3.05) is 7.11 Å². The summed E-state index contributed by atoms with van der Waals surface area (Å²) in [6, 6.07) is 11.5. The van der Waals surface area contributed by atoms with Crippen molar-refractivity contribution in [3.63, 3.8) is 0 Å². The highest BCUT2D eigenvalue weighted by Crippen LogP contribution is 2.69. The minimum absolute atomic E-state index is 0.333. The van der Waals surface area contributed by atoms with Crippen molar-refractivity contribution in [3.05, 3.63) is 28.2 Å². The van der Waals surface area contributed by atoms with Gasteiger partial charge in [0.05, 0.1) is 35.7 Å². The van der Waals surface area contributed by atoms with Crippen LogP contribution in [0.25, 0.3) is 0 Å². The zero-order chi connectivity index (χ0) is 20.2. The Kier molecular flexibility index (Phi) is 4.16. The fourth-order valence-electron chi connectivity index (χ4n) is 5.01. The first-order valence-corrected chi connectivity index (χ1v) is 9.77. The molecule has 1 aliphatic carbocycles. The molecular weight excluding hydrogens is 424 g/mol. The highest BCUT2D eigenvalue weighted by Gasteiger charge is 2.80. The molecule has 0 aromatic heterocycles. The average molecular weight is 441 g/mol. The highest BCUT2D eigenvalue weighted by molar-refractivity contribution is 9.10. The molecule has 0 radical (unpaired) electrons. The molecule has 1 N–H and O–H groups in total. The topological polar surface area (TPSA) is 123 Å². The average Bonchev–Trinajstić information content (AvgIpc) is 2.92. The van der Waals surface area contributed by atoms with Gasteiger partial charge >= 0.3 is 0 Å². The molecule has 142 valence electrons. The number of ether oxygens (including phenoxy) is 3. The normalized spacial score (nSPS) is 34.9. The molecule has 7 nitrogen and oxygen atoms in total. The zero-order valence-electron chi connectivity index (χ0n) is 15.2. The Morgan fingerprint density at radius 2 is 1.96 bits per heavy atom. The first kappa shape index (κ1) is 18.7. The van der Waals surface area contributed by atoms with Crippen molar-refractivity contribution in [2.45, 2.75) is 37.6 Å². The molecule has 1 aromatic carbocycles. The van der Waals surface area contributed by atoms with Gasteiger partial charge in [-0.15, -0.1) is 0 Å². The third-order valence-electron chi connectivity index (χ3n) is 6.29. The van der Waals surface area contributed by atoms with Crippen LogP contribution in [0, 0.1) is 56.2 Å². The van der Waals surface area contributed by atoms with E-state index in [-0.39, 0.29) is 5.90 Å². The van der Waals surface area contributed by atoms with Crippen molar-refractivity contribution in [3.8, 4) is 24.0 Å². The van der Waals surface area contributed by atoms with E-state index in [2.05, 4.69) is 34.1 Å². The summed E-state index contributed by atoms with van der Waals surface area (Å²) in [5, 5.41) is 39.0. The number of benzene rings is 1. The van der Waals surface area contributed by atoms with Crippen LogP contribution in [-0.2, 0) is 9.47 Å². The van der Waals surface area contributed by atoms with E-state index in [0.717, 1.165) is 12.8 Å². The molecule has 8 heteroatoms. The Morgan fingerprint density at radius 1 is 1.21 bits per heavy atom. The predicted molar refractivity (Wildman–Crippen MR) is 99.7 cm³/mol. The predicted octanol–water partition coefficient (Wildman–Crippen LogP) is 3.97. The summed E-state index contributed by atoms with van der Waals surface area (Å²) in [5.74, 6) is -1.42. The molecule has 0 spiro atoms. The van der Waals surface area contributed by atoms with Crippen LogP contribution in [0.15, 0.2) is 22.7 Å². The fourth-order valence-corrected chi connectivity index (χ4v) is 5.57. The van der Waals surface area contributed by atoms with Crippen molar-refractivity contribution in [2.24, 2.45) is 16.7 Å². The van der Waals surface area contributed by atoms with E-state index in [1.807, 2.05) is 0 Å². The van der Waals surface area contributed by atoms with Crippen molar-refractivity contribution in [1.29, 1.82) is 21.2 Å². The Bertz CT molecular complexity index is 977. The van der Waals surface area contributed by atoms with E-state index in [4.69, 9.17) is 19.6 Å². The van der Waals surface area contributed by atoms with Gasteiger partial charge in [-0.1, -0.05) is 12.5 Å². The van der Waals surface area contributed by atoms with Gasteiger partial charge in [0.25, 0.3) is 0 Å². The largest absolute Gasteiger partial charge is 0.496 e. The molecule has 28 heavy (non-hydrogen) atoms. The van der Waals surface area contributed by atoms with Crippen LogP contribution in [0.5, 0.6) is 5.75 Å². The van der Waals surface area contributed by atoms with Crippen molar-refractivity contribution >= 4 is 21.8 Å². The first-order chi connectivity index (χ1) is 13.4. The molecule has 1 saturated carbocycles. The molecule has 3 fully saturated rings. The minimum Gasteiger partial charge on any atom is -0.496 e. The third-order valence-corrected chi connectivity index (χ3v) is 6.91. The summed E-state index contributed by atoms with van der Waals surface area (Å²) in [6.45, 7) is 0. The van der Waals surface area contributed by atoms with E-state index in [0.29, 0.717) is 28.6 Å². The number of rotatable bonds is 2. The number of nitrogens with zero attached hydrogens (tertiary/aromatic N) is 3. The Morgan fingerprint density at radius 3 is 2.57 bits per heavy atom. The lowest BCUT2D eigenvalue weighted by Crippen LogP contribution is -2.60. The second-order valence-corrected chi connectivity index (χ2v) is 8.24. The zero-order valence-corrected chi connectivity index (χ0v) is 16.7. The Balaban J connectivity index is 1.97. The molecule has 1 aromatic rings. The third kappa shape index (κ3) is 2.01. The van der Waals surface area contributed by atoms with Gasteiger partial charge in [-0.05, 0) is 46.5 Å². The summed E-state index contributed by atoms with van der Waals surface area (Å²) >= 11 is 3.43. The molecule has 4 rings (SSSR count). The number of nitriles is 3. The van der Waals surface area contributed by atoms with Crippen LogP contribution in [-0.4, -0.2) is 18.8 Å². The van der Waals surface area contributed by atoms with Gasteiger partial charge in [-0.25, -0.2) is 0 Å². The first-order valence-electron chi connectivity index (χ1n) is 8.97. The summed E-state index contributed by atoms with van der Waals surface area (Å²) in [4.78, 5) is 0. The lowest BCUT2D eigenvalue weighted by Gasteiger charge is -2.51. The summed E-state index contributed by atoms with van der Waals surface area (Å²) in [6.07, 6.45) is 1.71. The SMILES string of the molecule is COc1ccc(C2OC34CCCCC3C(C#N)(C(=N)O4)C2(C#N)C#N)cc1Br. The van der Waals surface area contributed by atoms with E-state index in [1.165, 1.54) is 7.11 Å². The number of hydrogen-bond donors (Lipinski definition) is 1. The molecule has 4 unspecified atom stereocenters. The number of hydrogen-bond acceptors (Lipinski definition) is 7. The van der Waals surface area contributed by atoms with Crippen LogP contribution in [0.1, 0.15) is 37.4 Å². The van der Waals surface area contributed by atoms with Crippen LogP contribution < -0.4 is 4.74 Å². The van der Waals surface area contributed by atoms with Crippen LogP contribution >= 0.6 is 15.9 Å². The van der Waals surface area contributed by atoms with E-state index < -0.39 is 28.6 Å². The maximum absolute atomic E-state index is 10.2. The summed E-state index contributed by atoms with van der Waals surface area (Å²) in [7, 11) is 1.54. The molecule has 2 saturated heterocycles. The maximum atomic E-state index is 10.2. The highest BCUT2D eigenvalue weighted by atomic mass is 79.9. The fraction of sp³-hybridized carbons (Fsp3) is 0.500. The lowest BCUT2D eigenvalue weighted by molar-refractivity contribution is -0.294. The number of methoxy groups -OCH3 is 1. The van der Waals surface area contributed by atoms with Crippen molar-refractivity contribution in [1.82, 2.24) is 0 Å². The number of halogens is 1. The summed E-state index contributed by atoms with van der Waals surface area (Å²) < 4.78 is 18.1. The molecular formula is C20H17BrN4O3. The van der Waals surface area contributed by atoms with Crippen LogP contribution in [0.4, 0.5) is 0 Å². The quantitative estimate of drug-likeness (QED) is 0.741. The van der Waals surface area contributed by atoms with Gasteiger partial charge in [0, 0.05) is 6.42 Å². The lowest BCUT2D eigenvalue weighted by atomic mass is 9.51. The van der Waals surface area contributed by atoms with Gasteiger partial charge in [0.2, 0.25) is 17.1 Å². The van der Waals surface area contributed by atoms with E-state index in [9.17, 15) is 15.8 Å². The van der Waals surface area contributed by atoms with Crippen LogP contribution in [0.2, 0.25) is 0 Å². The summed E-state index contributed by atoms with van der Waals surface area (Å²) in [5.41, 5.74) is -3.03. The van der Waals surface area contributed by atoms with Gasteiger partial charge in [-0.2, -0.15) is 15.8 Å². The number of nitrogens with one attached hydrogen (secondary N) is 1. The van der Waals surface area contributed by atoms with Crippen molar-refractivity contribution < 1.29 is 14.2 Å². The van der Waals surface area contributed by atoms with Gasteiger partial charge in [-0.3, -0.25) is 5.41 Å². The minimum atomic E-state index is -1.91. The van der Waals surface area contributed by atoms with Gasteiger partial charge in [0.1, 0.15) is 11.9 Å². The molecule has 4 atom stereocenters. The maximum Gasteiger partial charge on any atom is 0.217 e. The van der Waals surface area contributed by atoms with Gasteiger partial charge in [0.15, 0.2) is 5.41 Å². The second-order valence-electron chi connectivity index (χ2n) is 7.38. The Labute approximate surface area is 171 Å². The van der Waals surface area contributed by atoms with Crippen LogP contribution in [0.3, 0.4) is 0 Å². The van der Waals surface area contributed by atoms with E-state index >= 15 is 0 Å².